The minimum atomic E-state index is -3.65. The second-order valence-electron chi connectivity index (χ2n) is 4.20. The number of hydrogen-bond acceptors (Lipinski definition) is 6. The zero-order valence-electron chi connectivity index (χ0n) is 11.2. The molecule has 110 valence electrons. The number of rotatable bonds is 7. The molecule has 0 aromatic heterocycles. The van der Waals surface area contributed by atoms with Crippen molar-refractivity contribution >= 4 is 22.4 Å². The fraction of sp³-hybridized carbons (Fsp3) is 0.385. The molecule has 1 aromatic carbocycles. The third-order valence-electron chi connectivity index (χ3n) is 2.54. The minimum Gasteiger partial charge on any atom is -0.465 e. The Morgan fingerprint density at radius 1 is 1.30 bits per heavy atom. The molecule has 0 bridgehead atoms. The summed E-state index contributed by atoms with van der Waals surface area (Å²) in [5.74, 6) is -0.428. The number of esters is 1. The molecule has 1 unspecified atom stereocenters. The lowest BCUT2D eigenvalue weighted by molar-refractivity contribution is -0.113. The first kappa shape index (κ1) is 16.3. The van der Waals surface area contributed by atoms with Gasteiger partial charge >= 0.3 is 5.97 Å². The van der Waals surface area contributed by atoms with Crippen LogP contribution in [0, 0.1) is 0 Å². The van der Waals surface area contributed by atoms with Crippen LogP contribution in [0.25, 0.3) is 0 Å². The van der Waals surface area contributed by atoms with Crippen molar-refractivity contribution < 1.29 is 26.9 Å². The van der Waals surface area contributed by atoms with Gasteiger partial charge in [0, 0.05) is 0 Å². The Kier molecular flexibility index (Phi) is 5.84. The van der Waals surface area contributed by atoms with Gasteiger partial charge in [-0.15, -0.1) is 0 Å². The van der Waals surface area contributed by atoms with E-state index in [-0.39, 0.29) is 6.42 Å². The lowest BCUT2D eigenvalue weighted by atomic mass is 10.1. The lowest BCUT2D eigenvalue weighted by Gasteiger charge is -2.09. The maximum Gasteiger partial charge on any atom is 0.337 e. The number of hydrogen-bond donors (Lipinski definition) is 0. The molecule has 0 aliphatic heterocycles. The van der Waals surface area contributed by atoms with Crippen molar-refractivity contribution in [2.24, 2.45) is 0 Å². The SMILES string of the molecule is COC(=O)c1ccc(CCC(C=O)OS(C)(=O)=O)cc1. The molecule has 0 amide bonds. The predicted molar refractivity (Wildman–Crippen MR) is 71.9 cm³/mol. The van der Waals surface area contributed by atoms with Crippen LogP contribution in [0.15, 0.2) is 24.3 Å². The maximum absolute atomic E-state index is 11.2. The molecule has 7 heteroatoms. The molecule has 0 fully saturated rings. The second kappa shape index (κ2) is 7.16. The maximum atomic E-state index is 11.2. The second-order valence-corrected chi connectivity index (χ2v) is 5.80. The van der Waals surface area contributed by atoms with Crippen LogP contribution in [0.3, 0.4) is 0 Å². The van der Waals surface area contributed by atoms with E-state index in [9.17, 15) is 18.0 Å². The van der Waals surface area contributed by atoms with E-state index in [1.807, 2.05) is 0 Å². The van der Waals surface area contributed by atoms with Crippen LogP contribution < -0.4 is 0 Å². The number of carbonyl (C=O) groups excluding carboxylic acids is 2. The van der Waals surface area contributed by atoms with Crippen molar-refractivity contribution in [3.05, 3.63) is 35.4 Å². The molecule has 0 aliphatic rings. The highest BCUT2D eigenvalue weighted by atomic mass is 32.2. The van der Waals surface area contributed by atoms with Crippen molar-refractivity contribution in [3.8, 4) is 0 Å². The summed E-state index contributed by atoms with van der Waals surface area (Å²) in [6.45, 7) is 0. The van der Waals surface area contributed by atoms with Gasteiger partial charge in [0.25, 0.3) is 10.1 Å². The van der Waals surface area contributed by atoms with Gasteiger partial charge in [0.1, 0.15) is 12.4 Å². The predicted octanol–water partition coefficient (Wildman–Crippen LogP) is 0.950. The van der Waals surface area contributed by atoms with Gasteiger partial charge in [-0.2, -0.15) is 8.42 Å². The van der Waals surface area contributed by atoms with Crippen molar-refractivity contribution in [2.45, 2.75) is 18.9 Å². The van der Waals surface area contributed by atoms with Gasteiger partial charge in [-0.05, 0) is 30.5 Å². The number of benzene rings is 1. The first-order valence-corrected chi connectivity index (χ1v) is 7.68. The van der Waals surface area contributed by atoms with Crippen LogP contribution in [0.5, 0.6) is 0 Å². The molecule has 1 aromatic rings. The number of methoxy groups -OCH3 is 1. The molecule has 0 saturated carbocycles. The zero-order chi connectivity index (χ0) is 15.2. The van der Waals surface area contributed by atoms with Crippen LogP contribution in [0.2, 0.25) is 0 Å². The first-order chi connectivity index (χ1) is 9.35. The third-order valence-corrected chi connectivity index (χ3v) is 3.14. The molecule has 0 heterocycles. The summed E-state index contributed by atoms with van der Waals surface area (Å²) in [6, 6.07) is 6.64. The van der Waals surface area contributed by atoms with Gasteiger partial charge in [-0.1, -0.05) is 12.1 Å². The summed E-state index contributed by atoms with van der Waals surface area (Å²) >= 11 is 0. The summed E-state index contributed by atoms with van der Waals surface area (Å²) in [5.41, 5.74) is 1.29. The summed E-state index contributed by atoms with van der Waals surface area (Å²) in [7, 11) is -2.35. The van der Waals surface area contributed by atoms with E-state index in [2.05, 4.69) is 8.92 Å². The topological polar surface area (TPSA) is 86.7 Å². The number of aldehydes is 1. The molecule has 0 N–H and O–H groups in total. The fourth-order valence-electron chi connectivity index (χ4n) is 1.60. The van der Waals surface area contributed by atoms with Crippen molar-refractivity contribution in [1.82, 2.24) is 0 Å². The molecular formula is C13H16O6S. The summed E-state index contributed by atoms with van der Waals surface area (Å²) in [4.78, 5) is 22.0. The highest BCUT2D eigenvalue weighted by Crippen LogP contribution is 2.10. The third kappa shape index (κ3) is 5.50. The van der Waals surface area contributed by atoms with E-state index >= 15 is 0 Å². The molecule has 1 rings (SSSR count). The Bertz CT molecular complexity index is 561. The van der Waals surface area contributed by atoms with Gasteiger partial charge < -0.3 is 9.53 Å². The Morgan fingerprint density at radius 2 is 1.90 bits per heavy atom. The van der Waals surface area contributed by atoms with Gasteiger partial charge in [0.2, 0.25) is 0 Å². The van der Waals surface area contributed by atoms with Crippen molar-refractivity contribution in [2.75, 3.05) is 13.4 Å². The fourth-order valence-corrected chi connectivity index (χ4v) is 2.19. The number of carbonyl (C=O) groups is 2. The van der Waals surface area contributed by atoms with E-state index in [0.29, 0.717) is 18.3 Å². The largest absolute Gasteiger partial charge is 0.465 e. The minimum absolute atomic E-state index is 0.244. The lowest BCUT2D eigenvalue weighted by Crippen LogP contribution is -2.19. The molecule has 6 nitrogen and oxygen atoms in total. The molecule has 0 aliphatic carbocycles. The molecule has 0 spiro atoms. The molecular weight excluding hydrogens is 284 g/mol. The highest BCUT2D eigenvalue weighted by molar-refractivity contribution is 7.86. The smallest absolute Gasteiger partial charge is 0.337 e. The molecule has 0 saturated heterocycles. The van der Waals surface area contributed by atoms with E-state index < -0.39 is 22.2 Å². The van der Waals surface area contributed by atoms with Crippen LogP contribution in [-0.2, 0) is 30.3 Å². The van der Waals surface area contributed by atoms with Crippen LogP contribution in [-0.4, -0.2) is 40.1 Å². The highest BCUT2D eigenvalue weighted by Gasteiger charge is 2.14. The molecule has 0 radical (unpaired) electrons. The van der Waals surface area contributed by atoms with E-state index in [1.165, 1.54) is 7.11 Å². The van der Waals surface area contributed by atoms with Crippen LogP contribution in [0.4, 0.5) is 0 Å². The Balaban J connectivity index is 2.60. The van der Waals surface area contributed by atoms with E-state index in [4.69, 9.17) is 0 Å². The molecule has 20 heavy (non-hydrogen) atoms. The van der Waals surface area contributed by atoms with Crippen molar-refractivity contribution in [3.63, 3.8) is 0 Å². The van der Waals surface area contributed by atoms with Gasteiger partial charge in [0.05, 0.1) is 18.9 Å². The van der Waals surface area contributed by atoms with Crippen LogP contribution >= 0.6 is 0 Å². The van der Waals surface area contributed by atoms with Crippen molar-refractivity contribution in [1.29, 1.82) is 0 Å². The summed E-state index contributed by atoms with van der Waals surface area (Å²) < 4.78 is 31.1. The Hall–Kier alpha value is -1.73. The van der Waals surface area contributed by atoms with E-state index in [0.717, 1.165) is 11.8 Å². The van der Waals surface area contributed by atoms with E-state index in [1.54, 1.807) is 24.3 Å². The standard InChI is InChI=1S/C13H16O6S/c1-18-13(15)11-6-3-10(4-7-11)5-8-12(9-14)19-20(2,16)17/h3-4,6-7,9,12H,5,8H2,1-2H3. The monoisotopic (exact) mass is 300 g/mol. The summed E-state index contributed by atoms with van der Waals surface area (Å²) in [6.07, 6.45) is 1.07. The van der Waals surface area contributed by atoms with Gasteiger partial charge in [-0.3, -0.25) is 4.18 Å². The Morgan fingerprint density at radius 3 is 2.35 bits per heavy atom. The normalized spacial score (nSPS) is 12.7. The zero-order valence-corrected chi connectivity index (χ0v) is 12.1. The van der Waals surface area contributed by atoms with Gasteiger partial charge in [-0.25, -0.2) is 4.79 Å². The number of aryl methyl sites for hydroxylation is 1. The van der Waals surface area contributed by atoms with Gasteiger partial charge in [0.15, 0.2) is 0 Å². The first-order valence-electron chi connectivity index (χ1n) is 5.86. The molecule has 1 atom stereocenters. The average molecular weight is 300 g/mol. The quantitative estimate of drug-likeness (QED) is 0.423. The average Bonchev–Trinajstić information content (AvgIpc) is 2.42. The summed E-state index contributed by atoms with van der Waals surface area (Å²) in [5, 5.41) is 0. The number of ether oxygens (including phenoxy) is 1. The Labute approximate surface area is 117 Å². The van der Waals surface area contributed by atoms with Crippen LogP contribution in [0.1, 0.15) is 22.3 Å².